The number of para-hydroxylation sites is 1. The van der Waals surface area contributed by atoms with Crippen molar-refractivity contribution in [2.45, 2.75) is 90.2 Å². The topological polar surface area (TPSA) is 171 Å². The molecule has 1 heterocycles. The van der Waals surface area contributed by atoms with Gasteiger partial charge in [-0.2, -0.15) is 0 Å². The number of hydrogen-bond acceptors (Lipinski definition) is 9. The fourth-order valence-corrected chi connectivity index (χ4v) is 6.22. The molecule has 1 aliphatic rings. The molecule has 0 aliphatic heterocycles. The van der Waals surface area contributed by atoms with Crippen molar-refractivity contribution < 1.29 is 48.0 Å². The second-order valence-electron chi connectivity index (χ2n) is 14.9. The van der Waals surface area contributed by atoms with Gasteiger partial charge in [0.25, 0.3) is 0 Å². The van der Waals surface area contributed by atoms with Gasteiger partial charge in [0, 0.05) is 23.9 Å². The van der Waals surface area contributed by atoms with E-state index in [0.29, 0.717) is 16.5 Å². The van der Waals surface area contributed by atoms with E-state index in [2.05, 4.69) is 10.6 Å². The van der Waals surface area contributed by atoms with Crippen LogP contribution in [-0.4, -0.2) is 75.9 Å². The molecule has 0 spiro atoms. The van der Waals surface area contributed by atoms with Crippen LogP contribution in [0.4, 0.5) is 14.4 Å². The summed E-state index contributed by atoms with van der Waals surface area (Å²) in [5.41, 5.74) is 3.38. The number of carboxylic acids is 1. The van der Waals surface area contributed by atoms with E-state index in [1.165, 1.54) is 17.7 Å². The van der Waals surface area contributed by atoms with E-state index in [-0.39, 0.29) is 18.9 Å². The fourth-order valence-electron chi connectivity index (χ4n) is 6.22. The molecule has 1 unspecified atom stereocenters. The molecule has 4 aromatic rings. The second kappa shape index (κ2) is 15.4. The van der Waals surface area contributed by atoms with Crippen molar-refractivity contribution in [3.63, 3.8) is 0 Å². The number of nitrogens with zero attached hydrogens (tertiary/aromatic N) is 1. The number of hydrogen-bond donors (Lipinski definition) is 3. The molecule has 13 heteroatoms. The normalized spacial score (nSPS) is 14.2. The van der Waals surface area contributed by atoms with Crippen LogP contribution < -0.4 is 10.6 Å². The highest BCUT2D eigenvalue weighted by Crippen LogP contribution is 2.44. The van der Waals surface area contributed by atoms with Gasteiger partial charge in [-0.25, -0.2) is 24.0 Å². The third kappa shape index (κ3) is 9.34. The molecule has 2 amide bonds. The molecule has 0 radical (unpaired) electrons. The maximum atomic E-state index is 13.9. The van der Waals surface area contributed by atoms with Gasteiger partial charge >= 0.3 is 30.2 Å². The molecule has 1 aromatic heterocycles. The summed E-state index contributed by atoms with van der Waals surface area (Å²) in [4.78, 5) is 65.1. The van der Waals surface area contributed by atoms with Crippen LogP contribution in [0.25, 0.3) is 22.0 Å². The summed E-state index contributed by atoms with van der Waals surface area (Å²) in [5.74, 6) is -2.73. The van der Waals surface area contributed by atoms with Crippen molar-refractivity contribution in [1.29, 1.82) is 0 Å². The average Bonchev–Trinajstić information content (AvgIpc) is 3.60. The van der Waals surface area contributed by atoms with Crippen LogP contribution in [0.15, 0.2) is 79.0 Å². The molecule has 0 fully saturated rings. The molecular formula is C40H45N3O10. The molecule has 0 saturated carbocycles. The van der Waals surface area contributed by atoms with Crippen molar-refractivity contribution >= 4 is 41.1 Å². The van der Waals surface area contributed by atoms with Crippen molar-refractivity contribution in [2.75, 3.05) is 6.61 Å². The number of aliphatic carboxylic acids is 1. The molecule has 13 nitrogen and oxygen atoms in total. The van der Waals surface area contributed by atoms with E-state index in [4.69, 9.17) is 18.9 Å². The number of carboxylic acid groups (broad SMARTS) is 1. The van der Waals surface area contributed by atoms with Crippen molar-refractivity contribution in [3.05, 3.63) is 95.7 Å². The van der Waals surface area contributed by atoms with Crippen LogP contribution in [0.5, 0.6) is 0 Å². The van der Waals surface area contributed by atoms with Crippen LogP contribution in [0.2, 0.25) is 0 Å². The summed E-state index contributed by atoms with van der Waals surface area (Å²) in [6, 6.07) is 19.6. The number of aromatic nitrogens is 1. The van der Waals surface area contributed by atoms with Gasteiger partial charge in [-0.15, -0.1) is 0 Å². The van der Waals surface area contributed by atoms with Crippen LogP contribution in [0.1, 0.15) is 71.1 Å². The Bertz CT molecular complexity index is 1980. The number of esters is 1. The zero-order valence-corrected chi connectivity index (χ0v) is 30.8. The third-order valence-electron chi connectivity index (χ3n) is 8.44. The standard InChI is InChI=1S/C40H45N3O10/c1-23(33(34(44)45)42-37(48)52-39(2,3)4)51-35(46)31(20-24-21-43(38(49)53-40(5,6)7)32-19-13-12-14-25(24)32)41-36(47)50-22-30-28-17-10-8-15-26(28)27-16-9-11-18-29(27)30/h8-19,21,23,30-31,33H,20,22H2,1-7H3,(H,41,47)(H,42,48)(H,44,45)/t23-,31+,33?/m1/s1. The minimum Gasteiger partial charge on any atom is -0.480 e. The average molecular weight is 728 g/mol. The number of carbonyl (C=O) groups is 5. The SMILES string of the molecule is C[C@@H](OC(=O)[C@H](Cc1cn(C(=O)OC(C)(C)C)c2ccccc12)NC(=O)OCC1c2ccccc2-c2ccccc21)C(NC(=O)OC(C)(C)C)C(=O)O. The van der Waals surface area contributed by atoms with E-state index in [0.717, 1.165) is 22.3 Å². The molecule has 3 atom stereocenters. The van der Waals surface area contributed by atoms with Crippen molar-refractivity contribution in [2.24, 2.45) is 0 Å². The van der Waals surface area contributed by atoms with E-state index in [1.807, 2.05) is 48.5 Å². The monoisotopic (exact) mass is 727 g/mol. The Labute approximate surface area is 307 Å². The fraction of sp³-hybridized carbons (Fsp3) is 0.375. The number of rotatable bonds is 10. The number of nitrogens with one attached hydrogen (secondary N) is 2. The Hall–Kier alpha value is -5.85. The van der Waals surface area contributed by atoms with Gasteiger partial charge in [-0.05, 0) is 82.3 Å². The summed E-state index contributed by atoms with van der Waals surface area (Å²) < 4.78 is 23.4. The molecule has 0 bridgehead atoms. The first kappa shape index (κ1) is 38.4. The quantitative estimate of drug-likeness (QED) is 0.117. The van der Waals surface area contributed by atoms with Gasteiger partial charge in [0.05, 0.1) is 5.52 Å². The Kier molecular flexibility index (Phi) is 11.2. The van der Waals surface area contributed by atoms with E-state index < -0.39 is 59.6 Å². The van der Waals surface area contributed by atoms with Crippen LogP contribution in [-0.2, 0) is 35.0 Å². The lowest BCUT2D eigenvalue weighted by Gasteiger charge is -2.26. The van der Waals surface area contributed by atoms with Crippen LogP contribution in [0.3, 0.4) is 0 Å². The van der Waals surface area contributed by atoms with Crippen LogP contribution >= 0.6 is 0 Å². The van der Waals surface area contributed by atoms with Gasteiger partial charge in [0.1, 0.15) is 30.0 Å². The lowest BCUT2D eigenvalue weighted by molar-refractivity contribution is -0.156. The molecule has 1 aliphatic carbocycles. The first-order chi connectivity index (χ1) is 24.9. The van der Waals surface area contributed by atoms with Gasteiger partial charge in [0.15, 0.2) is 6.04 Å². The van der Waals surface area contributed by atoms with Gasteiger partial charge in [-0.1, -0.05) is 66.7 Å². The third-order valence-corrected chi connectivity index (χ3v) is 8.44. The second-order valence-corrected chi connectivity index (χ2v) is 14.9. The molecule has 0 saturated heterocycles. The van der Waals surface area contributed by atoms with Gasteiger partial charge < -0.3 is 34.7 Å². The predicted molar refractivity (Wildman–Crippen MR) is 196 cm³/mol. The molecular weight excluding hydrogens is 682 g/mol. The molecule has 3 N–H and O–H groups in total. The Morgan fingerprint density at radius 2 is 1.34 bits per heavy atom. The Balaban J connectivity index is 1.40. The van der Waals surface area contributed by atoms with Crippen molar-refractivity contribution in [1.82, 2.24) is 15.2 Å². The lowest BCUT2D eigenvalue weighted by atomic mass is 9.98. The number of benzene rings is 3. The Morgan fingerprint density at radius 1 is 0.774 bits per heavy atom. The summed E-state index contributed by atoms with van der Waals surface area (Å²) in [7, 11) is 0. The first-order valence-electron chi connectivity index (χ1n) is 17.3. The number of ether oxygens (including phenoxy) is 4. The molecule has 53 heavy (non-hydrogen) atoms. The van der Waals surface area contributed by atoms with Gasteiger partial charge in [0.2, 0.25) is 0 Å². The summed E-state index contributed by atoms with van der Waals surface area (Å²) >= 11 is 0. The smallest absolute Gasteiger partial charge is 0.419 e. The highest BCUT2D eigenvalue weighted by atomic mass is 16.6. The molecule has 5 rings (SSSR count). The largest absolute Gasteiger partial charge is 0.480 e. The van der Waals surface area contributed by atoms with E-state index >= 15 is 0 Å². The zero-order chi connectivity index (χ0) is 38.7. The van der Waals surface area contributed by atoms with E-state index in [9.17, 15) is 29.1 Å². The highest BCUT2D eigenvalue weighted by Gasteiger charge is 2.35. The number of fused-ring (bicyclic) bond motifs is 4. The maximum Gasteiger partial charge on any atom is 0.419 e. The Morgan fingerprint density at radius 3 is 1.92 bits per heavy atom. The van der Waals surface area contributed by atoms with Crippen LogP contribution in [0, 0.1) is 0 Å². The van der Waals surface area contributed by atoms with Crippen molar-refractivity contribution in [3.8, 4) is 11.1 Å². The van der Waals surface area contributed by atoms with Gasteiger partial charge in [-0.3, -0.25) is 4.57 Å². The number of amides is 2. The summed E-state index contributed by atoms with van der Waals surface area (Å²) in [6.45, 7) is 11.3. The highest BCUT2D eigenvalue weighted by molar-refractivity contribution is 5.93. The lowest BCUT2D eigenvalue weighted by Crippen LogP contribution is -2.52. The predicted octanol–water partition coefficient (Wildman–Crippen LogP) is 6.78. The number of alkyl carbamates (subject to hydrolysis) is 2. The minimum absolute atomic E-state index is 0.0309. The molecule has 280 valence electrons. The maximum absolute atomic E-state index is 13.9. The zero-order valence-electron chi connectivity index (χ0n) is 30.8. The first-order valence-corrected chi connectivity index (χ1v) is 17.3. The minimum atomic E-state index is -1.68. The summed E-state index contributed by atoms with van der Waals surface area (Å²) in [5, 5.41) is 15.3. The summed E-state index contributed by atoms with van der Waals surface area (Å²) in [6.07, 6.45) is -2.64. The molecule has 3 aromatic carbocycles. The number of carbonyl (C=O) groups excluding carboxylic acids is 4. The van der Waals surface area contributed by atoms with E-state index in [1.54, 1.807) is 65.8 Å².